The van der Waals surface area contributed by atoms with Crippen molar-refractivity contribution < 1.29 is 0 Å². The van der Waals surface area contributed by atoms with Gasteiger partial charge in [0.2, 0.25) is 0 Å². The zero-order valence-electron chi connectivity index (χ0n) is 9.65. The Kier molecular flexibility index (Phi) is 3.22. The lowest BCUT2D eigenvalue weighted by atomic mass is 10.2. The molecule has 17 heavy (non-hydrogen) atoms. The third kappa shape index (κ3) is 2.41. The van der Waals surface area contributed by atoms with Crippen LogP contribution in [0.3, 0.4) is 0 Å². The van der Waals surface area contributed by atoms with E-state index in [2.05, 4.69) is 37.9 Å². The largest absolute Gasteiger partial charge is 0.314 e. The number of piperazine rings is 1. The molecule has 2 N–H and O–H groups in total. The molecule has 0 bridgehead atoms. The van der Waals surface area contributed by atoms with Crippen LogP contribution in [-0.4, -0.2) is 41.3 Å². The molecular weight excluding hydrogens is 232 g/mol. The molecule has 1 fully saturated rings. The van der Waals surface area contributed by atoms with Crippen LogP contribution in [0, 0.1) is 0 Å². The number of nitrogens with zero attached hydrogens (tertiary/aromatic N) is 2. The molecule has 0 aliphatic carbocycles. The number of hydrogen-bond donors (Lipinski definition) is 2. The van der Waals surface area contributed by atoms with Gasteiger partial charge in [-0.1, -0.05) is 6.07 Å². The third-order valence-corrected chi connectivity index (χ3v) is 3.98. The molecule has 3 heterocycles. The fourth-order valence-electron chi connectivity index (χ4n) is 2.18. The summed E-state index contributed by atoms with van der Waals surface area (Å²) < 4.78 is 0. The van der Waals surface area contributed by atoms with Gasteiger partial charge in [-0.3, -0.25) is 10.00 Å². The van der Waals surface area contributed by atoms with Crippen LogP contribution >= 0.6 is 11.3 Å². The average molecular weight is 248 g/mol. The second kappa shape index (κ2) is 5.00. The molecule has 0 amide bonds. The van der Waals surface area contributed by atoms with Crippen LogP contribution in [0.2, 0.25) is 0 Å². The molecule has 0 unspecified atom stereocenters. The van der Waals surface area contributed by atoms with E-state index in [1.807, 2.05) is 6.20 Å². The molecule has 2 aromatic rings. The Morgan fingerprint density at radius 1 is 1.35 bits per heavy atom. The van der Waals surface area contributed by atoms with Crippen LogP contribution in [0.1, 0.15) is 5.56 Å². The smallest absolute Gasteiger partial charge is 0.0794 e. The Bertz CT molecular complexity index is 457. The van der Waals surface area contributed by atoms with E-state index in [0.717, 1.165) is 32.7 Å². The van der Waals surface area contributed by atoms with Gasteiger partial charge < -0.3 is 5.32 Å². The Hall–Kier alpha value is -1.17. The van der Waals surface area contributed by atoms with Crippen molar-refractivity contribution in [3.63, 3.8) is 0 Å². The lowest BCUT2D eigenvalue weighted by Gasteiger charge is -2.26. The molecule has 90 valence electrons. The normalized spacial score (nSPS) is 17.4. The maximum Gasteiger partial charge on any atom is 0.0794 e. The van der Waals surface area contributed by atoms with Crippen molar-refractivity contribution in [2.24, 2.45) is 0 Å². The first-order valence-electron chi connectivity index (χ1n) is 5.92. The minimum atomic E-state index is 0.991. The molecule has 0 aromatic carbocycles. The standard InChI is InChI=1S/C12H16N4S/c1-2-11(17-7-1)12-10(8-14-15-12)9-16-5-3-13-4-6-16/h1-2,7-8,13H,3-6,9H2,(H,14,15). The van der Waals surface area contributed by atoms with E-state index in [-0.39, 0.29) is 0 Å². The van der Waals surface area contributed by atoms with Crippen molar-refractivity contribution >= 4 is 11.3 Å². The van der Waals surface area contributed by atoms with Gasteiger partial charge in [0.1, 0.15) is 0 Å². The van der Waals surface area contributed by atoms with Crippen molar-refractivity contribution in [3.8, 4) is 10.6 Å². The van der Waals surface area contributed by atoms with E-state index < -0.39 is 0 Å². The lowest BCUT2D eigenvalue weighted by Crippen LogP contribution is -2.42. The molecule has 5 heteroatoms. The lowest BCUT2D eigenvalue weighted by molar-refractivity contribution is 0.233. The molecule has 1 aliphatic heterocycles. The highest BCUT2D eigenvalue weighted by molar-refractivity contribution is 7.13. The monoisotopic (exact) mass is 248 g/mol. The highest BCUT2D eigenvalue weighted by Gasteiger charge is 2.14. The van der Waals surface area contributed by atoms with Gasteiger partial charge in [-0.05, 0) is 11.4 Å². The average Bonchev–Trinajstić information content (AvgIpc) is 3.00. The van der Waals surface area contributed by atoms with Crippen LogP contribution in [-0.2, 0) is 6.54 Å². The maximum atomic E-state index is 4.18. The second-order valence-electron chi connectivity index (χ2n) is 4.27. The SMILES string of the molecule is c1csc(-c2[nH]ncc2CN2CCNCC2)c1. The van der Waals surface area contributed by atoms with E-state index in [1.54, 1.807) is 11.3 Å². The fourth-order valence-corrected chi connectivity index (χ4v) is 2.93. The first-order chi connectivity index (χ1) is 8.43. The Labute approximate surface area is 105 Å². The summed E-state index contributed by atoms with van der Waals surface area (Å²) in [5.41, 5.74) is 2.48. The summed E-state index contributed by atoms with van der Waals surface area (Å²) in [6, 6.07) is 4.22. The number of nitrogens with one attached hydrogen (secondary N) is 2. The van der Waals surface area contributed by atoms with Gasteiger partial charge in [0.05, 0.1) is 16.8 Å². The van der Waals surface area contributed by atoms with Gasteiger partial charge in [0.25, 0.3) is 0 Å². The van der Waals surface area contributed by atoms with Crippen LogP contribution in [0.25, 0.3) is 10.6 Å². The predicted molar refractivity (Wildman–Crippen MR) is 70.0 cm³/mol. The van der Waals surface area contributed by atoms with Gasteiger partial charge >= 0.3 is 0 Å². The highest BCUT2D eigenvalue weighted by Crippen LogP contribution is 2.26. The van der Waals surface area contributed by atoms with Crippen molar-refractivity contribution in [3.05, 3.63) is 29.3 Å². The van der Waals surface area contributed by atoms with Crippen molar-refractivity contribution in [2.45, 2.75) is 6.54 Å². The van der Waals surface area contributed by atoms with Gasteiger partial charge in [-0.15, -0.1) is 11.3 Å². The van der Waals surface area contributed by atoms with Crippen LogP contribution in [0.5, 0.6) is 0 Å². The van der Waals surface area contributed by atoms with E-state index in [9.17, 15) is 0 Å². The van der Waals surface area contributed by atoms with E-state index in [4.69, 9.17) is 0 Å². The van der Waals surface area contributed by atoms with Gasteiger partial charge in [0.15, 0.2) is 0 Å². The summed E-state index contributed by atoms with van der Waals surface area (Å²) in [6.07, 6.45) is 1.96. The third-order valence-electron chi connectivity index (χ3n) is 3.09. The summed E-state index contributed by atoms with van der Waals surface area (Å²) in [6.45, 7) is 5.41. The Morgan fingerprint density at radius 2 is 2.24 bits per heavy atom. The zero-order chi connectivity index (χ0) is 11.5. The summed E-state index contributed by atoms with van der Waals surface area (Å²) in [5, 5.41) is 12.8. The molecule has 1 aliphatic rings. The summed E-state index contributed by atoms with van der Waals surface area (Å²) >= 11 is 1.75. The predicted octanol–water partition coefficient (Wildman–Crippen LogP) is 1.54. The number of aromatic amines is 1. The molecular formula is C12H16N4S. The van der Waals surface area contributed by atoms with Crippen molar-refractivity contribution in [1.29, 1.82) is 0 Å². The molecule has 0 saturated carbocycles. The quantitative estimate of drug-likeness (QED) is 0.866. The van der Waals surface area contributed by atoms with Crippen LogP contribution < -0.4 is 5.32 Å². The Morgan fingerprint density at radius 3 is 3.00 bits per heavy atom. The van der Waals surface area contributed by atoms with Crippen LogP contribution in [0.4, 0.5) is 0 Å². The van der Waals surface area contributed by atoms with E-state index >= 15 is 0 Å². The fraction of sp³-hybridized carbons (Fsp3) is 0.417. The molecule has 0 spiro atoms. The minimum absolute atomic E-state index is 0.991. The summed E-state index contributed by atoms with van der Waals surface area (Å²) in [5.74, 6) is 0. The summed E-state index contributed by atoms with van der Waals surface area (Å²) in [7, 11) is 0. The van der Waals surface area contributed by atoms with Gasteiger partial charge in [0, 0.05) is 38.3 Å². The number of hydrogen-bond acceptors (Lipinski definition) is 4. The topological polar surface area (TPSA) is 44.0 Å². The number of aromatic nitrogens is 2. The zero-order valence-corrected chi connectivity index (χ0v) is 10.5. The first-order valence-corrected chi connectivity index (χ1v) is 6.80. The molecule has 3 rings (SSSR count). The number of H-pyrrole nitrogens is 1. The minimum Gasteiger partial charge on any atom is -0.314 e. The Balaban J connectivity index is 1.77. The number of rotatable bonds is 3. The second-order valence-corrected chi connectivity index (χ2v) is 5.22. The highest BCUT2D eigenvalue weighted by atomic mass is 32.1. The molecule has 4 nitrogen and oxygen atoms in total. The number of thiophene rings is 1. The first kappa shape index (κ1) is 11.0. The van der Waals surface area contributed by atoms with Crippen molar-refractivity contribution in [2.75, 3.05) is 26.2 Å². The maximum absolute atomic E-state index is 4.18. The van der Waals surface area contributed by atoms with E-state index in [0.29, 0.717) is 0 Å². The molecule has 2 aromatic heterocycles. The summed E-state index contributed by atoms with van der Waals surface area (Å²) in [4.78, 5) is 3.74. The molecule has 0 atom stereocenters. The molecule has 0 radical (unpaired) electrons. The van der Waals surface area contributed by atoms with Crippen LogP contribution in [0.15, 0.2) is 23.7 Å². The van der Waals surface area contributed by atoms with Crippen molar-refractivity contribution in [1.82, 2.24) is 20.4 Å². The van der Waals surface area contributed by atoms with Gasteiger partial charge in [-0.25, -0.2) is 0 Å². The molecule has 1 saturated heterocycles. The van der Waals surface area contributed by atoms with E-state index in [1.165, 1.54) is 16.1 Å². The van der Waals surface area contributed by atoms with Gasteiger partial charge in [-0.2, -0.15) is 5.10 Å².